The molecule has 19 heavy (non-hydrogen) atoms. The maximum absolute atomic E-state index is 5.64. The molecule has 1 aromatic rings. The minimum absolute atomic E-state index is 0.713. The van der Waals surface area contributed by atoms with Gasteiger partial charge in [0.2, 0.25) is 0 Å². The van der Waals surface area contributed by atoms with E-state index in [0.717, 1.165) is 38.6 Å². The summed E-state index contributed by atoms with van der Waals surface area (Å²) in [5.41, 5.74) is 1.52. The molecule has 3 rings (SSSR count). The monoisotopic (exact) mass is 277 g/mol. The summed E-state index contributed by atoms with van der Waals surface area (Å²) in [6, 6.07) is 8.78. The smallest absolute Gasteiger partial charge is 0.0494 e. The van der Waals surface area contributed by atoms with E-state index in [1.165, 1.54) is 29.7 Å². The molecular weight excluding hydrogens is 254 g/mol. The SMILES string of the molecule is c1ccc2c(c1)CC(CNCCCOCC1CC1)S2. The van der Waals surface area contributed by atoms with Gasteiger partial charge in [0, 0.05) is 29.9 Å². The van der Waals surface area contributed by atoms with Crippen LogP contribution in [0, 0.1) is 5.92 Å². The van der Waals surface area contributed by atoms with E-state index in [2.05, 4.69) is 29.6 Å². The molecule has 0 radical (unpaired) electrons. The fourth-order valence-corrected chi connectivity index (χ4v) is 3.75. The van der Waals surface area contributed by atoms with E-state index >= 15 is 0 Å². The minimum Gasteiger partial charge on any atom is -0.381 e. The Labute approximate surface area is 120 Å². The van der Waals surface area contributed by atoms with Crippen LogP contribution in [0.4, 0.5) is 0 Å². The summed E-state index contributed by atoms with van der Waals surface area (Å²) in [5.74, 6) is 0.890. The van der Waals surface area contributed by atoms with E-state index < -0.39 is 0 Å². The predicted molar refractivity (Wildman–Crippen MR) is 80.8 cm³/mol. The van der Waals surface area contributed by atoms with Crippen molar-refractivity contribution in [1.82, 2.24) is 5.32 Å². The molecule has 3 heteroatoms. The molecule has 2 nitrogen and oxygen atoms in total. The van der Waals surface area contributed by atoms with Gasteiger partial charge in [-0.25, -0.2) is 0 Å². The van der Waals surface area contributed by atoms with Crippen LogP contribution in [0.1, 0.15) is 24.8 Å². The van der Waals surface area contributed by atoms with Crippen LogP contribution in [0.25, 0.3) is 0 Å². The molecule has 1 saturated carbocycles. The van der Waals surface area contributed by atoms with Gasteiger partial charge in [0.1, 0.15) is 0 Å². The molecule has 1 N–H and O–H groups in total. The number of thioether (sulfide) groups is 1. The van der Waals surface area contributed by atoms with Crippen molar-refractivity contribution in [3.05, 3.63) is 29.8 Å². The number of hydrogen-bond donors (Lipinski definition) is 1. The topological polar surface area (TPSA) is 21.3 Å². The summed E-state index contributed by atoms with van der Waals surface area (Å²) >= 11 is 2.02. The number of nitrogens with one attached hydrogen (secondary N) is 1. The number of ether oxygens (including phenoxy) is 1. The maximum Gasteiger partial charge on any atom is 0.0494 e. The first kappa shape index (κ1) is 13.5. The normalized spacial score (nSPS) is 21.6. The van der Waals surface area contributed by atoms with Crippen molar-refractivity contribution in [3.63, 3.8) is 0 Å². The van der Waals surface area contributed by atoms with Crippen LogP contribution >= 0.6 is 11.8 Å². The molecule has 1 aromatic carbocycles. The van der Waals surface area contributed by atoms with Crippen molar-refractivity contribution in [2.75, 3.05) is 26.3 Å². The van der Waals surface area contributed by atoms with Gasteiger partial charge in [-0.15, -0.1) is 11.8 Å². The second kappa shape index (κ2) is 6.78. The molecule has 1 atom stereocenters. The molecule has 1 heterocycles. The molecule has 1 fully saturated rings. The summed E-state index contributed by atoms with van der Waals surface area (Å²) in [4.78, 5) is 1.47. The first-order valence-electron chi connectivity index (χ1n) is 7.45. The van der Waals surface area contributed by atoms with Crippen LogP contribution in [0.5, 0.6) is 0 Å². The fraction of sp³-hybridized carbons (Fsp3) is 0.625. The van der Waals surface area contributed by atoms with E-state index in [9.17, 15) is 0 Å². The van der Waals surface area contributed by atoms with Crippen LogP contribution in [-0.4, -0.2) is 31.6 Å². The van der Waals surface area contributed by atoms with Gasteiger partial charge in [0.15, 0.2) is 0 Å². The van der Waals surface area contributed by atoms with Crippen LogP contribution in [-0.2, 0) is 11.2 Å². The average Bonchev–Trinajstić information content (AvgIpc) is 3.15. The summed E-state index contributed by atoms with van der Waals surface area (Å²) < 4.78 is 5.64. The highest BCUT2D eigenvalue weighted by Crippen LogP contribution is 2.36. The Morgan fingerprint density at radius 3 is 3.00 bits per heavy atom. The highest BCUT2D eigenvalue weighted by molar-refractivity contribution is 8.00. The number of fused-ring (bicyclic) bond motifs is 1. The molecule has 1 unspecified atom stereocenters. The van der Waals surface area contributed by atoms with Crippen molar-refractivity contribution < 1.29 is 4.74 Å². The second-order valence-corrected chi connectivity index (χ2v) is 6.97. The number of rotatable bonds is 8. The second-order valence-electron chi connectivity index (χ2n) is 5.63. The summed E-state index contributed by atoms with van der Waals surface area (Å²) in [5, 5.41) is 4.28. The molecule has 2 aliphatic rings. The first-order chi connectivity index (χ1) is 9.42. The van der Waals surface area contributed by atoms with Crippen molar-refractivity contribution in [2.45, 2.75) is 35.8 Å². The van der Waals surface area contributed by atoms with Gasteiger partial charge in [0.05, 0.1) is 0 Å². The zero-order chi connectivity index (χ0) is 12.9. The van der Waals surface area contributed by atoms with E-state index in [4.69, 9.17) is 4.74 Å². The standard InChI is InChI=1S/C16H23NOS/c1-2-5-16-14(4-1)10-15(19-16)11-17-8-3-9-18-12-13-6-7-13/h1-2,4-5,13,15,17H,3,6-12H2. The minimum atomic E-state index is 0.713. The van der Waals surface area contributed by atoms with Gasteiger partial charge in [-0.1, -0.05) is 18.2 Å². The van der Waals surface area contributed by atoms with Gasteiger partial charge in [-0.3, -0.25) is 0 Å². The van der Waals surface area contributed by atoms with E-state index in [1.807, 2.05) is 11.8 Å². The van der Waals surface area contributed by atoms with Crippen molar-refractivity contribution in [1.29, 1.82) is 0 Å². The van der Waals surface area contributed by atoms with Crippen molar-refractivity contribution in [3.8, 4) is 0 Å². The molecule has 104 valence electrons. The van der Waals surface area contributed by atoms with Crippen LogP contribution in [0.15, 0.2) is 29.2 Å². The Hall–Kier alpha value is -0.510. The fourth-order valence-electron chi connectivity index (χ4n) is 2.46. The zero-order valence-electron chi connectivity index (χ0n) is 11.4. The zero-order valence-corrected chi connectivity index (χ0v) is 12.3. The Morgan fingerprint density at radius 2 is 2.16 bits per heavy atom. The van der Waals surface area contributed by atoms with Crippen LogP contribution < -0.4 is 5.32 Å². The Kier molecular flexibility index (Phi) is 4.81. The molecule has 0 saturated heterocycles. The maximum atomic E-state index is 5.64. The highest BCUT2D eigenvalue weighted by Gasteiger charge is 2.21. The average molecular weight is 277 g/mol. The van der Waals surface area contributed by atoms with Gasteiger partial charge < -0.3 is 10.1 Å². The summed E-state index contributed by atoms with van der Waals surface area (Å²) in [6.07, 6.45) is 5.12. The molecule has 0 amide bonds. The molecule has 0 bridgehead atoms. The molecule has 1 aliphatic heterocycles. The quantitative estimate of drug-likeness (QED) is 0.738. The number of benzene rings is 1. The van der Waals surface area contributed by atoms with Gasteiger partial charge in [-0.2, -0.15) is 0 Å². The molecule has 0 aromatic heterocycles. The van der Waals surface area contributed by atoms with Gasteiger partial charge in [0.25, 0.3) is 0 Å². The van der Waals surface area contributed by atoms with E-state index in [1.54, 1.807) is 0 Å². The van der Waals surface area contributed by atoms with Crippen molar-refractivity contribution >= 4 is 11.8 Å². The Morgan fingerprint density at radius 1 is 1.26 bits per heavy atom. The summed E-state index contributed by atoms with van der Waals surface area (Å²) in [7, 11) is 0. The Balaban J connectivity index is 1.23. The van der Waals surface area contributed by atoms with Gasteiger partial charge in [-0.05, 0) is 49.8 Å². The lowest BCUT2D eigenvalue weighted by Crippen LogP contribution is -2.26. The first-order valence-corrected chi connectivity index (χ1v) is 8.33. The lowest BCUT2D eigenvalue weighted by Gasteiger charge is -2.10. The third-order valence-electron chi connectivity index (χ3n) is 3.78. The van der Waals surface area contributed by atoms with E-state index in [0.29, 0.717) is 5.25 Å². The third kappa shape index (κ3) is 4.23. The predicted octanol–water partition coefficient (Wildman–Crippen LogP) is 3.11. The van der Waals surface area contributed by atoms with Crippen LogP contribution in [0.2, 0.25) is 0 Å². The van der Waals surface area contributed by atoms with E-state index in [-0.39, 0.29) is 0 Å². The Bertz CT molecular complexity index is 380. The molecular formula is C16H23NOS. The van der Waals surface area contributed by atoms with Crippen LogP contribution in [0.3, 0.4) is 0 Å². The number of hydrogen-bond acceptors (Lipinski definition) is 3. The van der Waals surface area contributed by atoms with Crippen molar-refractivity contribution in [2.24, 2.45) is 5.92 Å². The largest absolute Gasteiger partial charge is 0.381 e. The molecule has 0 spiro atoms. The third-order valence-corrected chi connectivity index (χ3v) is 5.10. The van der Waals surface area contributed by atoms with Gasteiger partial charge >= 0.3 is 0 Å². The molecule has 1 aliphatic carbocycles. The lowest BCUT2D eigenvalue weighted by atomic mass is 10.1. The highest BCUT2D eigenvalue weighted by atomic mass is 32.2. The summed E-state index contributed by atoms with van der Waals surface area (Å²) in [6.45, 7) is 4.11. The lowest BCUT2D eigenvalue weighted by molar-refractivity contribution is 0.122.